The molecule has 0 heterocycles. The van der Waals surface area contributed by atoms with Crippen LogP contribution in [0.15, 0.2) is 24.3 Å². The zero-order valence-corrected chi connectivity index (χ0v) is 20.7. The van der Waals surface area contributed by atoms with E-state index in [1.165, 1.54) is 24.3 Å². The maximum Gasteiger partial charge on any atom is 0.294 e. The third-order valence-corrected chi connectivity index (χ3v) is 5.07. The van der Waals surface area contributed by atoms with Crippen molar-refractivity contribution in [3.8, 4) is 0 Å². The number of nitro benzene ring substituents is 2. The first-order valence-electron chi connectivity index (χ1n) is 10.9. The number of aliphatic hydroxyl groups excluding tert-OH is 5. The van der Waals surface area contributed by atoms with Gasteiger partial charge in [0.05, 0.1) is 52.6 Å². The Morgan fingerprint density at radius 1 is 0.865 bits per heavy atom. The average molecular weight is 547 g/mol. The summed E-state index contributed by atoms with van der Waals surface area (Å²) >= 11 is 6.00. The lowest BCUT2D eigenvalue weighted by Crippen LogP contribution is -2.24. The molecule has 0 aliphatic heterocycles. The summed E-state index contributed by atoms with van der Waals surface area (Å²) < 4.78 is 0. The molecule has 0 bridgehead atoms. The van der Waals surface area contributed by atoms with Gasteiger partial charge in [-0.05, 0) is 24.6 Å². The van der Waals surface area contributed by atoms with Gasteiger partial charge in [0.1, 0.15) is 11.4 Å². The molecule has 15 nitrogen and oxygen atoms in total. The minimum absolute atomic E-state index is 0.0244. The summed E-state index contributed by atoms with van der Waals surface area (Å²) in [6, 6.07) is 5.40. The number of anilines is 4. The second-order valence-corrected chi connectivity index (χ2v) is 8.08. The molecule has 0 saturated heterocycles. The standard InChI is InChI=1S/C12H18ClN3O6.C9H13N3O3/c13-9-1-11(15-4-8(20)6-18)12(16(21)22)2-10(9)14-3-7(19)5-17;1-6-4-7(10)9(12(14)15)5-8(6)11-2-3-13/h1-2,7-8,14-15,17-20H,3-6H2;4-5,11,13H,2-3,10H2,1H3. The van der Waals surface area contributed by atoms with Gasteiger partial charge in [-0.2, -0.15) is 0 Å². The Morgan fingerprint density at radius 2 is 1.38 bits per heavy atom. The van der Waals surface area contributed by atoms with E-state index in [1.54, 1.807) is 6.92 Å². The van der Waals surface area contributed by atoms with Gasteiger partial charge >= 0.3 is 0 Å². The lowest BCUT2D eigenvalue weighted by atomic mass is 10.1. The summed E-state index contributed by atoms with van der Waals surface area (Å²) in [6.45, 7) is 1.07. The SMILES string of the molecule is Cc1cc(N)c([N+](=O)[O-])cc1NCCO.O=[N+]([O-])c1cc(NCC(O)CO)c(Cl)cc1NCC(O)CO. The fourth-order valence-electron chi connectivity index (χ4n) is 2.83. The Bertz CT molecular complexity index is 1060. The molecular weight excluding hydrogens is 516 g/mol. The number of hydrogen-bond acceptors (Lipinski definition) is 13. The number of rotatable bonds is 13. The molecular formula is C21H31ClN6O9. The van der Waals surface area contributed by atoms with E-state index in [-0.39, 0.29) is 53.2 Å². The van der Waals surface area contributed by atoms with Crippen molar-refractivity contribution in [2.75, 3.05) is 61.1 Å². The van der Waals surface area contributed by atoms with Crippen molar-refractivity contribution in [1.82, 2.24) is 0 Å². The normalized spacial score (nSPS) is 12.1. The largest absolute Gasteiger partial charge is 0.395 e. The molecule has 2 atom stereocenters. The van der Waals surface area contributed by atoms with Gasteiger partial charge in [0, 0.05) is 37.5 Å². The summed E-state index contributed by atoms with van der Waals surface area (Å²) in [6.07, 6.45) is -2.08. The van der Waals surface area contributed by atoms with Crippen LogP contribution in [-0.4, -0.2) is 87.0 Å². The number of halogens is 1. The molecule has 2 rings (SSSR count). The quantitative estimate of drug-likeness (QED) is 0.0952. The number of nitrogens with two attached hydrogens (primary N) is 1. The number of aryl methyl sites for hydroxylation is 1. The van der Waals surface area contributed by atoms with E-state index in [0.29, 0.717) is 12.2 Å². The van der Waals surface area contributed by atoms with Crippen molar-refractivity contribution in [2.45, 2.75) is 19.1 Å². The molecule has 16 heteroatoms. The fourth-order valence-corrected chi connectivity index (χ4v) is 3.06. The van der Waals surface area contributed by atoms with Crippen LogP contribution in [0.3, 0.4) is 0 Å². The fraction of sp³-hybridized carbons (Fsp3) is 0.429. The Labute approximate surface area is 216 Å². The minimum atomic E-state index is -1.06. The van der Waals surface area contributed by atoms with Gasteiger partial charge in [0.25, 0.3) is 11.4 Å². The molecule has 0 fully saturated rings. The Balaban J connectivity index is 0.000000397. The molecule has 0 saturated carbocycles. The van der Waals surface area contributed by atoms with Crippen molar-refractivity contribution < 1.29 is 35.4 Å². The number of nitrogen functional groups attached to an aromatic ring is 1. The highest BCUT2D eigenvalue weighted by Gasteiger charge is 2.19. The highest BCUT2D eigenvalue weighted by atomic mass is 35.5. The van der Waals surface area contributed by atoms with Crippen LogP contribution in [0.5, 0.6) is 0 Å². The molecule has 0 aliphatic rings. The monoisotopic (exact) mass is 546 g/mol. The van der Waals surface area contributed by atoms with E-state index in [0.717, 1.165) is 5.56 Å². The van der Waals surface area contributed by atoms with Crippen molar-refractivity contribution in [1.29, 1.82) is 0 Å². The third kappa shape index (κ3) is 10.2. The van der Waals surface area contributed by atoms with E-state index in [2.05, 4.69) is 16.0 Å². The van der Waals surface area contributed by atoms with Crippen molar-refractivity contribution in [2.24, 2.45) is 0 Å². The van der Waals surface area contributed by atoms with Crippen LogP contribution in [0, 0.1) is 27.2 Å². The molecule has 37 heavy (non-hydrogen) atoms. The maximum absolute atomic E-state index is 11.1. The summed E-state index contributed by atoms with van der Waals surface area (Å²) in [5, 5.41) is 74.7. The van der Waals surface area contributed by atoms with Gasteiger partial charge in [-0.1, -0.05) is 11.6 Å². The molecule has 2 unspecified atom stereocenters. The topological polar surface area (TPSA) is 250 Å². The molecule has 0 radical (unpaired) electrons. The van der Waals surface area contributed by atoms with Crippen LogP contribution in [0.2, 0.25) is 5.02 Å². The second-order valence-electron chi connectivity index (χ2n) is 7.67. The number of benzene rings is 2. The highest BCUT2D eigenvalue weighted by Crippen LogP contribution is 2.34. The van der Waals surface area contributed by atoms with Crippen LogP contribution in [0.25, 0.3) is 0 Å². The number of nitrogens with one attached hydrogen (secondary N) is 3. The van der Waals surface area contributed by atoms with Crippen LogP contribution in [0.4, 0.5) is 34.1 Å². The van der Waals surface area contributed by atoms with Crippen LogP contribution in [-0.2, 0) is 0 Å². The first-order valence-corrected chi connectivity index (χ1v) is 11.3. The number of aliphatic hydroxyl groups is 5. The third-order valence-electron chi connectivity index (χ3n) is 4.76. The van der Waals surface area contributed by atoms with Crippen LogP contribution in [0.1, 0.15) is 5.56 Å². The summed E-state index contributed by atoms with van der Waals surface area (Å²) in [4.78, 5) is 20.5. The van der Waals surface area contributed by atoms with Crippen molar-refractivity contribution in [3.05, 3.63) is 55.1 Å². The molecule has 0 amide bonds. The Morgan fingerprint density at radius 3 is 1.86 bits per heavy atom. The summed E-state index contributed by atoms with van der Waals surface area (Å²) in [5.41, 5.74) is 6.99. The van der Waals surface area contributed by atoms with Crippen LogP contribution >= 0.6 is 11.6 Å². The zero-order valence-electron chi connectivity index (χ0n) is 19.9. The van der Waals surface area contributed by atoms with Crippen molar-refractivity contribution in [3.63, 3.8) is 0 Å². The molecule has 206 valence electrons. The second kappa shape index (κ2) is 15.6. The van der Waals surface area contributed by atoms with Gasteiger partial charge in [0.15, 0.2) is 0 Å². The van der Waals surface area contributed by atoms with Gasteiger partial charge in [0.2, 0.25) is 0 Å². The Hall–Kier alpha value is -3.47. The lowest BCUT2D eigenvalue weighted by molar-refractivity contribution is -0.384. The van der Waals surface area contributed by atoms with Gasteiger partial charge in [-0.15, -0.1) is 0 Å². The van der Waals surface area contributed by atoms with E-state index in [9.17, 15) is 30.4 Å². The van der Waals surface area contributed by atoms with Crippen LogP contribution < -0.4 is 21.7 Å². The molecule has 0 spiro atoms. The van der Waals surface area contributed by atoms with Crippen molar-refractivity contribution >= 4 is 45.7 Å². The predicted molar refractivity (Wildman–Crippen MR) is 139 cm³/mol. The van der Waals surface area contributed by atoms with Gasteiger partial charge in [-0.3, -0.25) is 20.2 Å². The van der Waals surface area contributed by atoms with E-state index in [1.807, 2.05) is 0 Å². The smallest absolute Gasteiger partial charge is 0.294 e. The number of hydrogen-bond donors (Lipinski definition) is 9. The summed E-state index contributed by atoms with van der Waals surface area (Å²) in [5.74, 6) is 0. The summed E-state index contributed by atoms with van der Waals surface area (Å²) in [7, 11) is 0. The van der Waals surface area contributed by atoms with E-state index < -0.39 is 35.3 Å². The molecule has 0 aromatic heterocycles. The number of nitro groups is 2. The average Bonchev–Trinajstić information content (AvgIpc) is 2.85. The highest BCUT2D eigenvalue weighted by molar-refractivity contribution is 6.33. The number of nitrogens with zero attached hydrogens (tertiary/aromatic N) is 2. The first kappa shape index (κ1) is 31.6. The lowest BCUT2D eigenvalue weighted by Gasteiger charge is -2.14. The molecule has 2 aromatic rings. The van der Waals surface area contributed by atoms with E-state index >= 15 is 0 Å². The molecule has 10 N–H and O–H groups in total. The van der Waals surface area contributed by atoms with Gasteiger partial charge < -0.3 is 47.2 Å². The first-order chi connectivity index (χ1) is 17.4. The maximum atomic E-state index is 11.1. The predicted octanol–water partition coefficient (Wildman–Crippen LogP) is 0.668. The minimum Gasteiger partial charge on any atom is -0.395 e. The Kier molecular flexibility index (Phi) is 13.3. The zero-order chi connectivity index (χ0) is 28.1. The molecule has 2 aromatic carbocycles. The molecule has 0 aliphatic carbocycles. The van der Waals surface area contributed by atoms with E-state index in [4.69, 9.17) is 32.7 Å². The van der Waals surface area contributed by atoms with Gasteiger partial charge in [-0.25, -0.2) is 0 Å².